The van der Waals surface area contributed by atoms with Crippen LogP contribution in [0.4, 0.5) is 0 Å². The molecule has 0 aliphatic carbocycles. The highest BCUT2D eigenvalue weighted by molar-refractivity contribution is 6.12. The van der Waals surface area contributed by atoms with Crippen molar-refractivity contribution in [3.63, 3.8) is 0 Å². The van der Waals surface area contributed by atoms with Crippen molar-refractivity contribution >= 4 is 11.8 Å². The average Bonchev–Trinajstić information content (AvgIpc) is 2.34. The summed E-state index contributed by atoms with van der Waals surface area (Å²) in [6.45, 7) is 4.82. The fourth-order valence-corrected chi connectivity index (χ4v) is 1.31. The average molecular weight is 181 g/mol. The quantitative estimate of drug-likeness (QED) is 0.614. The molecule has 0 bridgehead atoms. The van der Waals surface area contributed by atoms with Gasteiger partial charge < -0.3 is 0 Å². The Morgan fingerprint density at radius 1 is 1.23 bits per heavy atom. The molecule has 0 spiro atoms. The van der Waals surface area contributed by atoms with Crippen molar-refractivity contribution in [1.29, 1.82) is 0 Å². The van der Waals surface area contributed by atoms with Crippen LogP contribution in [0.1, 0.15) is 26.7 Å². The normalized spacial score (nSPS) is 16.4. The highest BCUT2D eigenvalue weighted by atomic mass is 16.2. The molecule has 2 amide bonds. The van der Waals surface area contributed by atoms with Crippen LogP contribution in [0.15, 0.2) is 12.2 Å². The Kier molecular flexibility index (Phi) is 3.23. The third-order valence-electron chi connectivity index (χ3n) is 2.06. The minimum atomic E-state index is -0.172. The van der Waals surface area contributed by atoms with Crippen molar-refractivity contribution in [2.45, 2.75) is 26.7 Å². The van der Waals surface area contributed by atoms with Crippen molar-refractivity contribution in [3.05, 3.63) is 12.2 Å². The third kappa shape index (κ3) is 2.68. The van der Waals surface area contributed by atoms with E-state index in [2.05, 4.69) is 13.8 Å². The van der Waals surface area contributed by atoms with Gasteiger partial charge in [-0.25, -0.2) is 0 Å². The fourth-order valence-electron chi connectivity index (χ4n) is 1.31. The molecule has 1 heterocycles. The number of nitrogens with zero attached hydrogens (tertiary/aromatic N) is 1. The van der Waals surface area contributed by atoms with Crippen LogP contribution in [0.2, 0.25) is 0 Å². The Bertz CT molecular complexity index is 225. The Morgan fingerprint density at radius 3 is 2.23 bits per heavy atom. The van der Waals surface area contributed by atoms with E-state index < -0.39 is 0 Å². The van der Waals surface area contributed by atoms with Crippen molar-refractivity contribution < 1.29 is 9.59 Å². The lowest BCUT2D eigenvalue weighted by Crippen LogP contribution is -2.30. The predicted molar refractivity (Wildman–Crippen MR) is 49.9 cm³/mol. The molecule has 0 atom stereocenters. The van der Waals surface area contributed by atoms with Gasteiger partial charge in [0.2, 0.25) is 0 Å². The molecule has 0 saturated carbocycles. The maximum absolute atomic E-state index is 11.1. The minimum Gasteiger partial charge on any atom is -0.275 e. The van der Waals surface area contributed by atoms with Gasteiger partial charge in [-0.15, -0.1) is 0 Å². The lowest BCUT2D eigenvalue weighted by Gasteiger charge is -2.13. The Morgan fingerprint density at radius 2 is 1.77 bits per heavy atom. The molecule has 1 aliphatic heterocycles. The number of carbonyl (C=O) groups excluding carboxylic acids is 2. The zero-order chi connectivity index (χ0) is 9.84. The molecule has 1 rings (SSSR count). The smallest absolute Gasteiger partial charge is 0.253 e. The van der Waals surface area contributed by atoms with Crippen molar-refractivity contribution in [2.75, 3.05) is 6.54 Å². The first-order chi connectivity index (χ1) is 6.11. The SMILES string of the molecule is CC(C)CCCN1C(=O)C=CC1=O. The van der Waals surface area contributed by atoms with Crippen molar-refractivity contribution in [3.8, 4) is 0 Å². The summed E-state index contributed by atoms with van der Waals surface area (Å²) in [4.78, 5) is 23.5. The number of carbonyl (C=O) groups is 2. The van der Waals surface area contributed by atoms with Crippen LogP contribution in [0, 0.1) is 5.92 Å². The van der Waals surface area contributed by atoms with Crippen LogP contribution in [0.25, 0.3) is 0 Å². The van der Waals surface area contributed by atoms with Gasteiger partial charge in [0.25, 0.3) is 11.8 Å². The maximum atomic E-state index is 11.1. The largest absolute Gasteiger partial charge is 0.275 e. The van der Waals surface area contributed by atoms with Crippen LogP contribution >= 0.6 is 0 Å². The summed E-state index contributed by atoms with van der Waals surface area (Å²) in [5.41, 5.74) is 0. The van der Waals surface area contributed by atoms with E-state index in [1.54, 1.807) is 0 Å². The number of imide groups is 1. The summed E-state index contributed by atoms with van der Waals surface area (Å²) in [5.74, 6) is 0.281. The summed E-state index contributed by atoms with van der Waals surface area (Å²) >= 11 is 0. The van der Waals surface area contributed by atoms with E-state index in [1.807, 2.05) is 0 Å². The third-order valence-corrected chi connectivity index (χ3v) is 2.06. The molecule has 1 aliphatic rings. The highest BCUT2D eigenvalue weighted by Gasteiger charge is 2.22. The van der Waals surface area contributed by atoms with Gasteiger partial charge in [-0.05, 0) is 18.8 Å². The monoisotopic (exact) mass is 181 g/mol. The molecule has 0 aromatic heterocycles. The number of hydrogen-bond acceptors (Lipinski definition) is 2. The first-order valence-corrected chi connectivity index (χ1v) is 4.65. The zero-order valence-corrected chi connectivity index (χ0v) is 8.12. The number of amides is 2. The molecule has 3 heteroatoms. The molecule has 0 aromatic carbocycles. The van der Waals surface area contributed by atoms with E-state index in [-0.39, 0.29) is 11.8 Å². The van der Waals surface area contributed by atoms with E-state index in [9.17, 15) is 9.59 Å². The van der Waals surface area contributed by atoms with Crippen molar-refractivity contribution in [1.82, 2.24) is 4.90 Å². The summed E-state index contributed by atoms with van der Waals surface area (Å²) in [6.07, 6.45) is 4.61. The van der Waals surface area contributed by atoms with Crippen LogP contribution in [0.5, 0.6) is 0 Å². The van der Waals surface area contributed by atoms with Gasteiger partial charge in [0.15, 0.2) is 0 Å². The van der Waals surface area contributed by atoms with Crippen LogP contribution in [-0.4, -0.2) is 23.3 Å². The second kappa shape index (κ2) is 4.21. The lowest BCUT2D eigenvalue weighted by molar-refractivity contribution is -0.136. The maximum Gasteiger partial charge on any atom is 0.253 e. The van der Waals surface area contributed by atoms with Crippen LogP contribution in [0.3, 0.4) is 0 Å². The van der Waals surface area contributed by atoms with Gasteiger partial charge in [-0.2, -0.15) is 0 Å². The molecular formula is C10H15NO2. The molecule has 0 aromatic rings. The first kappa shape index (κ1) is 9.96. The summed E-state index contributed by atoms with van der Waals surface area (Å²) in [6, 6.07) is 0. The van der Waals surface area contributed by atoms with E-state index in [4.69, 9.17) is 0 Å². The number of rotatable bonds is 4. The Hall–Kier alpha value is -1.12. The second-order valence-corrected chi connectivity index (χ2v) is 3.70. The van der Waals surface area contributed by atoms with Gasteiger partial charge in [0.1, 0.15) is 0 Å². The Balaban J connectivity index is 2.30. The van der Waals surface area contributed by atoms with Crippen LogP contribution in [-0.2, 0) is 9.59 Å². The van der Waals surface area contributed by atoms with E-state index >= 15 is 0 Å². The van der Waals surface area contributed by atoms with Gasteiger partial charge in [0, 0.05) is 18.7 Å². The van der Waals surface area contributed by atoms with Gasteiger partial charge in [-0.3, -0.25) is 14.5 Å². The molecule has 3 nitrogen and oxygen atoms in total. The summed E-state index contributed by atoms with van der Waals surface area (Å²) in [5, 5.41) is 0. The minimum absolute atomic E-state index is 0.172. The summed E-state index contributed by atoms with van der Waals surface area (Å²) < 4.78 is 0. The molecular weight excluding hydrogens is 166 g/mol. The number of hydrogen-bond donors (Lipinski definition) is 0. The van der Waals surface area contributed by atoms with E-state index in [1.165, 1.54) is 17.1 Å². The van der Waals surface area contributed by atoms with Crippen LogP contribution < -0.4 is 0 Å². The molecule has 72 valence electrons. The molecule has 0 unspecified atom stereocenters. The molecule has 0 radical (unpaired) electrons. The van der Waals surface area contributed by atoms with E-state index in [0.717, 1.165) is 12.8 Å². The standard InChI is InChI=1S/C10H15NO2/c1-8(2)4-3-7-11-9(12)5-6-10(11)13/h5-6,8H,3-4,7H2,1-2H3. The predicted octanol–water partition coefficient (Wildman–Crippen LogP) is 1.35. The topological polar surface area (TPSA) is 37.4 Å². The van der Waals surface area contributed by atoms with E-state index in [0.29, 0.717) is 12.5 Å². The fraction of sp³-hybridized carbons (Fsp3) is 0.600. The first-order valence-electron chi connectivity index (χ1n) is 4.65. The lowest BCUT2D eigenvalue weighted by atomic mass is 10.1. The summed E-state index contributed by atoms with van der Waals surface area (Å²) in [7, 11) is 0. The molecule has 0 fully saturated rings. The van der Waals surface area contributed by atoms with Crippen molar-refractivity contribution in [2.24, 2.45) is 5.92 Å². The highest BCUT2D eigenvalue weighted by Crippen LogP contribution is 2.08. The molecule has 0 N–H and O–H groups in total. The molecule has 13 heavy (non-hydrogen) atoms. The zero-order valence-electron chi connectivity index (χ0n) is 8.12. The van der Waals surface area contributed by atoms with Gasteiger partial charge in [0.05, 0.1) is 0 Å². The van der Waals surface area contributed by atoms with Gasteiger partial charge in [-0.1, -0.05) is 13.8 Å². The molecule has 0 saturated heterocycles. The van der Waals surface area contributed by atoms with Gasteiger partial charge >= 0.3 is 0 Å². The Labute approximate surface area is 78.4 Å². The second-order valence-electron chi connectivity index (χ2n) is 3.70.